The van der Waals surface area contributed by atoms with Gasteiger partial charge in [-0.1, -0.05) is 6.92 Å². The van der Waals surface area contributed by atoms with E-state index in [9.17, 15) is 0 Å². The van der Waals surface area contributed by atoms with E-state index >= 15 is 0 Å². The van der Waals surface area contributed by atoms with Crippen molar-refractivity contribution in [1.82, 2.24) is 20.2 Å². The first-order chi connectivity index (χ1) is 9.81. The molecular formula is C13H17N5S2. The minimum absolute atomic E-state index is 0.0828. The standard InChI is InChI=1S/C13H17N5S2/c1-2-4-18-13(15-8-16-18)6-9(17-14)11-7-12-10(20-11)3-5-19-12/h3,5,7-9,17H,2,4,6,14H2,1H3. The molecule has 0 spiro atoms. The van der Waals surface area contributed by atoms with E-state index in [1.165, 1.54) is 14.3 Å². The SMILES string of the molecule is CCCn1ncnc1CC(NN)c1cc2sccc2s1. The Morgan fingerprint density at radius 3 is 3.10 bits per heavy atom. The zero-order chi connectivity index (χ0) is 13.9. The molecule has 0 aliphatic heterocycles. The zero-order valence-corrected chi connectivity index (χ0v) is 12.9. The van der Waals surface area contributed by atoms with Gasteiger partial charge in [0.1, 0.15) is 12.2 Å². The molecule has 0 saturated carbocycles. The summed E-state index contributed by atoms with van der Waals surface area (Å²) < 4.78 is 4.60. The molecule has 3 heterocycles. The maximum absolute atomic E-state index is 5.74. The molecule has 0 aliphatic rings. The molecule has 0 saturated heterocycles. The number of aryl methyl sites for hydroxylation is 1. The lowest BCUT2D eigenvalue weighted by Crippen LogP contribution is -2.30. The maximum atomic E-state index is 5.74. The molecule has 3 aromatic rings. The van der Waals surface area contributed by atoms with Gasteiger partial charge in [0.05, 0.1) is 6.04 Å². The van der Waals surface area contributed by atoms with Gasteiger partial charge in [0.25, 0.3) is 0 Å². The smallest absolute Gasteiger partial charge is 0.138 e. The first-order valence-corrected chi connectivity index (χ1v) is 8.31. The Labute approximate surface area is 125 Å². The average Bonchev–Trinajstić information content (AvgIpc) is 3.11. The maximum Gasteiger partial charge on any atom is 0.138 e. The van der Waals surface area contributed by atoms with Crippen molar-refractivity contribution in [1.29, 1.82) is 0 Å². The van der Waals surface area contributed by atoms with Crippen LogP contribution in [0.4, 0.5) is 0 Å². The van der Waals surface area contributed by atoms with E-state index in [4.69, 9.17) is 5.84 Å². The predicted octanol–water partition coefficient (Wildman–Crippen LogP) is 2.71. The van der Waals surface area contributed by atoms with E-state index in [0.717, 1.165) is 25.2 Å². The molecule has 0 fully saturated rings. The van der Waals surface area contributed by atoms with Crippen LogP contribution in [0.1, 0.15) is 30.1 Å². The fourth-order valence-electron chi connectivity index (χ4n) is 2.23. The van der Waals surface area contributed by atoms with E-state index in [1.807, 2.05) is 4.68 Å². The summed E-state index contributed by atoms with van der Waals surface area (Å²) in [6.07, 6.45) is 3.42. The van der Waals surface area contributed by atoms with Crippen molar-refractivity contribution >= 4 is 32.1 Å². The van der Waals surface area contributed by atoms with Crippen molar-refractivity contribution < 1.29 is 0 Å². The van der Waals surface area contributed by atoms with Gasteiger partial charge in [-0.15, -0.1) is 22.7 Å². The van der Waals surface area contributed by atoms with E-state index in [-0.39, 0.29) is 6.04 Å². The summed E-state index contributed by atoms with van der Waals surface area (Å²) in [7, 11) is 0. The number of hydrogen-bond acceptors (Lipinski definition) is 6. The van der Waals surface area contributed by atoms with Crippen LogP contribution >= 0.6 is 22.7 Å². The Kier molecular flexibility index (Phi) is 4.11. The monoisotopic (exact) mass is 307 g/mol. The van der Waals surface area contributed by atoms with Gasteiger partial charge in [0.15, 0.2) is 0 Å². The van der Waals surface area contributed by atoms with Crippen molar-refractivity contribution in [2.45, 2.75) is 32.4 Å². The van der Waals surface area contributed by atoms with Gasteiger partial charge < -0.3 is 0 Å². The molecule has 1 atom stereocenters. The molecule has 0 amide bonds. The van der Waals surface area contributed by atoms with Crippen LogP contribution in [-0.4, -0.2) is 14.8 Å². The highest BCUT2D eigenvalue weighted by Crippen LogP contribution is 2.34. The highest BCUT2D eigenvalue weighted by Gasteiger charge is 2.17. The van der Waals surface area contributed by atoms with Crippen LogP contribution < -0.4 is 11.3 Å². The van der Waals surface area contributed by atoms with Crippen LogP contribution in [-0.2, 0) is 13.0 Å². The van der Waals surface area contributed by atoms with Gasteiger partial charge in [-0.05, 0) is 23.9 Å². The second-order valence-corrected chi connectivity index (χ2v) is 6.68. The molecule has 20 heavy (non-hydrogen) atoms. The molecule has 7 heteroatoms. The molecule has 3 N–H and O–H groups in total. The number of nitrogens with one attached hydrogen (secondary N) is 1. The summed E-state index contributed by atoms with van der Waals surface area (Å²) >= 11 is 3.55. The van der Waals surface area contributed by atoms with E-state index < -0.39 is 0 Å². The minimum Gasteiger partial charge on any atom is -0.271 e. The summed E-state index contributed by atoms with van der Waals surface area (Å²) in [5.41, 5.74) is 2.91. The summed E-state index contributed by atoms with van der Waals surface area (Å²) in [6.45, 7) is 3.03. The topological polar surface area (TPSA) is 68.8 Å². The van der Waals surface area contributed by atoms with Crippen LogP contribution in [0.25, 0.3) is 9.40 Å². The van der Waals surface area contributed by atoms with Crippen LogP contribution in [0.2, 0.25) is 0 Å². The summed E-state index contributed by atoms with van der Waals surface area (Å²) in [5.74, 6) is 6.72. The first-order valence-electron chi connectivity index (χ1n) is 6.61. The second-order valence-electron chi connectivity index (χ2n) is 4.62. The third-order valence-electron chi connectivity index (χ3n) is 3.22. The highest BCUT2D eigenvalue weighted by atomic mass is 32.1. The fraction of sp³-hybridized carbons (Fsp3) is 0.385. The third-order valence-corrected chi connectivity index (χ3v) is 5.43. The minimum atomic E-state index is 0.0828. The van der Waals surface area contributed by atoms with Crippen molar-refractivity contribution in [3.05, 3.63) is 34.5 Å². The van der Waals surface area contributed by atoms with Gasteiger partial charge in [-0.2, -0.15) is 5.10 Å². The molecule has 3 aromatic heterocycles. The van der Waals surface area contributed by atoms with Gasteiger partial charge in [-0.25, -0.2) is 4.98 Å². The number of hydrazine groups is 1. The third kappa shape index (κ3) is 2.62. The van der Waals surface area contributed by atoms with Crippen LogP contribution in [0.5, 0.6) is 0 Å². The lowest BCUT2D eigenvalue weighted by Gasteiger charge is -2.14. The zero-order valence-electron chi connectivity index (χ0n) is 11.2. The molecule has 3 rings (SSSR count). The highest BCUT2D eigenvalue weighted by molar-refractivity contribution is 7.26. The number of fused-ring (bicyclic) bond motifs is 1. The van der Waals surface area contributed by atoms with Crippen LogP contribution in [0.15, 0.2) is 23.8 Å². The van der Waals surface area contributed by atoms with E-state index in [2.05, 4.69) is 39.9 Å². The quantitative estimate of drug-likeness (QED) is 0.543. The summed E-state index contributed by atoms with van der Waals surface area (Å²) in [6, 6.07) is 4.45. The van der Waals surface area contributed by atoms with Crippen molar-refractivity contribution in [3.8, 4) is 0 Å². The predicted molar refractivity (Wildman–Crippen MR) is 83.8 cm³/mol. The largest absolute Gasteiger partial charge is 0.271 e. The van der Waals surface area contributed by atoms with Gasteiger partial charge in [0.2, 0.25) is 0 Å². The number of nitrogens with two attached hydrogens (primary N) is 1. The molecule has 0 radical (unpaired) electrons. The normalized spacial score (nSPS) is 13.1. The molecule has 0 bridgehead atoms. The number of rotatable bonds is 6. The summed E-state index contributed by atoms with van der Waals surface area (Å²) in [5, 5.41) is 6.38. The fourth-order valence-corrected chi connectivity index (χ4v) is 4.41. The van der Waals surface area contributed by atoms with Crippen LogP contribution in [0.3, 0.4) is 0 Å². The van der Waals surface area contributed by atoms with Gasteiger partial charge in [0, 0.05) is 27.2 Å². The lowest BCUT2D eigenvalue weighted by molar-refractivity contribution is 0.504. The Morgan fingerprint density at radius 2 is 2.35 bits per heavy atom. The number of aromatic nitrogens is 3. The molecule has 1 unspecified atom stereocenters. The van der Waals surface area contributed by atoms with Crippen molar-refractivity contribution in [3.63, 3.8) is 0 Å². The Hall–Kier alpha value is -1.28. The lowest BCUT2D eigenvalue weighted by atomic mass is 10.1. The Bertz CT molecular complexity index is 655. The van der Waals surface area contributed by atoms with E-state index in [0.29, 0.717) is 0 Å². The number of thiophene rings is 2. The first kappa shape index (κ1) is 13.7. The number of nitrogens with zero attached hydrogens (tertiary/aromatic N) is 3. The van der Waals surface area contributed by atoms with Gasteiger partial charge in [-0.3, -0.25) is 16.0 Å². The van der Waals surface area contributed by atoms with Gasteiger partial charge >= 0.3 is 0 Å². The Balaban J connectivity index is 1.82. The van der Waals surface area contributed by atoms with Crippen molar-refractivity contribution in [2.75, 3.05) is 0 Å². The molecule has 0 aromatic carbocycles. The molecule has 106 valence electrons. The molecule has 5 nitrogen and oxygen atoms in total. The average molecular weight is 307 g/mol. The summed E-state index contributed by atoms with van der Waals surface area (Å²) in [4.78, 5) is 5.60. The second kappa shape index (κ2) is 6.01. The van der Waals surface area contributed by atoms with Crippen LogP contribution in [0, 0.1) is 0 Å². The Morgan fingerprint density at radius 1 is 1.45 bits per heavy atom. The molecular weight excluding hydrogens is 290 g/mol. The van der Waals surface area contributed by atoms with Crippen molar-refractivity contribution in [2.24, 2.45) is 5.84 Å². The number of hydrogen-bond donors (Lipinski definition) is 2. The van der Waals surface area contributed by atoms with E-state index in [1.54, 1.807) is 29.0 Å². The molecule has 0 aliphatic carbocycles.